The summed E-state index contributed by atoms with van der Waals surface area (Å²) in [7, 11) is 0. The minimum Gasteiger partial charge on any atom is -0.354 e. The Labute approximate surface area is 192 Å². The molecule has 2 N–H and O–H groups in total. The highest BCUT2D eigenvalue weighted by Gasteiger charge is 2.34. The average molecular weight is 444 g/mol. The zero-order valence-electron chi connectivity index (χ0n) is 17.7. The molecule has 6 heteroatoms. The Kier molecular flexibility index (Phi) is 4.28. The number of para-hydroxylation sites is 1. The van der Waals surface area contributed by atoms with Crippen LogP contribution in [0.5, 0.6) is 0 Å². The van der Waals surface area contributed by atoms with E-state index >= 15 is 0 Å². The van der Waals surface area contributed by atoms with Crippen molar-refractivity contribution in [1.29, 1.82) is 0 Å². The van der Waals surface area contributed by atoms with E-state index in [4.69, 9.17) is 0 Å². The second-order valence-electron chi connectivity index (χ2n) is 8.12. The zero-order chi connectivity index (χ0) is 23.4. The van der Waals surface area contributed by atoms with Gasteiger partial charge in [0.25, 0.3) is 5.91 Å². The number of hydrogen-bond donors (Lipinski definition) is 2. The maximum Gasteiger partial charge on any atom is 0.255 e. The molecule has 1 aliphatic rings. The zero-order valence-corrected chi connectivity index (χ0v) is 17.7. The summed E-state index contributed by atoms with van der Waals surface area (Å²) in [5, 5.41) is 3.44. The molecule has 1 aliphatic carbocycles. The van der Waals surface area contributed by atoms with Crippen LogP contribution in [0.2, 0.25) is 0 Å². The predicted octanol–water partition coefficient (Wildman–Crippen LogP) is 4.71. The summed E-state index contributed by atoms with van der Waals surface area (Å²) in [6.45, 7) is 0. The van der Waals surface area contributed by atoms with E-state index in [0.717, 1.165) is 0 Å². The Morgan fingerprint density at radius 2 is 1.29 bits per heavy atom. The first-order valence-electron chi connectivity index (χ1n) is 10.7. The number of fused-ring (bicyclic) bond motifs is 5. The molecule has 0 saturated carbocycles. The lowest BCUT2D eigenvalue weighted by atomic mass is 9.81. The summed E-state index contributed by atoms with van der Waals surface area (Å²) in [4.78, 5) is 56.8. The van der Waals surface area contributed by atoms with Crippen molar-refractivity contribution in [2.75, 3.05) is 5.32 Å². The number of anilines is 1. The highest BCUT2D eigenvalue weighted by molar-refractivity contribution is 6.34. The van der Waals surface area contributed by atoms with Gasteiger partial charge in [0, 0.05) is 33.0 Å². The van der Waals surface area contributed by atoms with Gasteiger partial charge in [-0.3, -0.25) is 19.2 Å². The molecule has 0 atom stereocenters. The molecule has 0 bridgehead atoms. The summed E-state index contributed by atoms with van der Waals surface area (Å²) in [5.74, 6) is -1.21. The van der Waals surface area contributed by atoms with Crippen LogP contribution in [-0.4, -0.2) is 22.5 Å². The van der Waals surface area contributed by atoms with Gasteiger partial charge in [-0.15, -0.1) is 0 Å². The van der Waals surface area contributed by atoms with Crippen molar-refractivity contribution < 1.29 is 14.4 Å². The third kappa shape index (κ3) is 2.82. The van der Waals surface area contributed by atoms with Gasteiger partial charge in [-0.05, 0) is 30.3 Å². The van der Waals surface area contributed by atoms with E-state index in [-0.39, 0.29) is 55.8 Å². The number of nitrogens with one attached hydrogen (secondary N) is 2. The Bertz CT molecular complexity index is 1750. The molecule has 1 amide bonds. The molecule has 4 aromatic carbocycles. The lowest BCUT2D eigenvalue weighted by Gasteiger charge is -2.22. The van der Waals surface area contributed by atoms with Crippen molar-refractivity contribution in [1.82, 2.24) is 4.98 Å². The van der Waals surface area contributed by atoms with Crippen LogP contribution in [0, 0.1) is 0 Å². The standard InChI is InChI=1S/C28H16N2O4/c31-25-18-12-6-7-13-20(18)29-24-19(25)14-21(30-28(34)15-8-2-1-3-9-15)22-23(24)27(33)17-11-5-4-10-16(17)26(22)32/h1-14H,(H,29,31)(H,30,34). The second kappa shape index (κ2) is 7.35. The molecule has 0 spiro atoms. The van der Waals surface area contributed by atoms with Gasteiger partial charge in [0.2, 0.25) is 0 Å². The quantitative estimate of drug-likeness (QED) is 0.378. The molecule has 0 unspecified atom stereocenters. The monoisotopic (exact) mass is 444 g/mol. The summed E-state index contributed by atoms with van der Waals surface area (Å²) >= 11 is 0. The number of aromatic amines is 1. The highest BCUT2D eigenvalue weighted by atomic mass is 16.2. The van der Waals surface area contributed by atoms with Crippen molar-refractivity contribution in [2.24, 2.45) is 0 Å². The number of rotatable bonds is 2. The summed E-state index contributed by atoms with van der Waals surface area (Å²) in [5.41, 5.74) is 1.76. The lowest BCUT2D eigenvalue weighted by molar-refractivity contribution is 0.0979. The van der Waals surface area contributed by atoms with Crippen molar-refractivity contribution in [2.45, 2.75) is 0 Å². The molecule has 6 nitrogen and oxygen atoms in total. The Hall–Kier alpha value is -4.84. The van der Waals surface area contributed by atoms with Gasteiger partial charge in [0.15, 0.2) is 17.0 Å². The van der Waals surface area contributed by atoms with Crippen molar-refractivity contribution in [3.05, 3.63) is 123 Å². The van der Waals surface area contributed by atoms with Gasteiger partial charge in [-0.25, -0.2) is 0 Å². The molecule has 1 aromatic heterocycles. The van der Waals surface area contributed by atoms with Gasteiger partial charge >= 0.3 is 0 Å². The first-order chi connectivity index (χ1) is 16.5. The fourth-order valence-corrected chi connectivity index (χ4v) is 4.56. The first-order valence-corrected chi connectivity index (χ1v) is 10.7. The molecule has 0 radical (unpaired) electrons. The number of benzene rings is 4. The SMILES string of the molecule is O=C(Nc1cc2c(=O)c3ccccc3[nH]c2c2c1C(=O)c1ccccc1C2=O)c1ccccc1. The van der Waals surface area contributed by atoms with Crippen LogP contribution in [0.15, 0.2) is 89.7 Å². The topological polar surface area (TPSA) is 96.1 Å². The fourth-order valence-electron chi connectivity index (χ4n) is 4.56. The molecular formula is C28H16N2O4. The molecule has 0 aliphatic heterocycles. The van der Waals surface area contributed by atoms with E-state index in [9.17, 15) is 19.2 Å². The van der Waals surface area contributed by atoms with Crippen LogP contribution in [0.25, 0.3) is 21.8 Å². The Balaban J connectivity index is 1.69. The van der Waals surface area contributed by atoms with E-state index in [1.165, 1.54) is 6.07 Å². The average Bonchev–Trinajstić information content (AvgIpc) is 2.88. The van der Waals surface area contributed by atoms with Crippen molar-refractivity contribution >= 4 is 45.0 Å². The van der Waals surface area contributed by atoms with Gasteiger partial charge in [-0.1, -0.05) is 54.6 Å². The first kappa shape index (κ1) is 19.8. The number of ketones is 2. The molecule has 34 heavy (non-hydrogen) atoms. The van der Waals surface area contributed by atoms with E-state index in [0.29, 0.717) is 16.5 Å². The summed E-state index contributed by atoms with van der Waals surface area (Å²) < 4.78 is 0. The van der Waals surface area contributed by atoms with Crippen LogP contribution >= 0.6 is 0 Å². The van der Waals surface area contributed by atoms with Gasteiger partial charge in [0.1, 0.15) is 0 Å². The molecule has 1 heterocycles. The van der Waals surface area contributed by atoms with Crippen molar-refractivity contribution in [3.8, 4) is 0 Å². The van der Waals surface area contributed by atoms with Crippen LogP contribution < -0.4 is 10.7 Å². The smallest absolute Gasteiger partial charge is 0.255 e. The predicted molar refractivity (Wildman–Crippen MR) is 130 cm³/mol. The molecule has 0 saturated heterocycles. The second-order valence-corrected chi connectivity index (χ2v) is 8.12. The molecule has 6 rings (SSSR count). The van der Waals surface area contributed by atoms with Crippen LogP contribution in [-0.2, 0) is 0 Å². The normalized spacial score (nSPS) is 12.5. The molecule has 0 fully saturated rings. The molecule has 5 aromatic rings. The van der Waals surface area contributed by atoms with E-state index in [1.807, 2.05) is 0 Å². The van der Waals surface area contributed by atoms with Crippen LogP contribution in [0.3, 0.4) is 0 Å². The Morgan fingerprint density at radius 1 is 0.676 bits per heavy atom. The molecular weight excluding hydrogens is 428 g/mol. The molecule has 162 valence electrons. The van der Waals surface area contributed by atoms with Crippen LogP contribution in [0.1, 0.15) is 42.2 Å². The van der Waals surface area contributed by atoms with Gasteiger partial charge in [-0.2, -0.15) is 0 Å². The summed E-state index contributed by atoms with van der Waals surface area (Å²) in [6, 6.07) is 23.6. The highest BCUT2D eigenvalue weighted by Crippen LogP contribution is 2.36. The Morgan fingerprint density at radius 3 is 2.03 bits per heavy atom. The minimum atomic E-state index is -0.446. The van der Waals surface area contributed by atoms with E-state index in [2.05, 4.69) is 10.3 Å². The number of H-pyrrole nitrogens is 1. The third-order valence-electron chi connectivity index (χ3n) is 6.16. The third-order valence-corrected chi connectivity index (χ3v) is 6.16. The lowest BCUT2D eigenvalue weighted by Crippen LogP contribution is -2.25. The van der Waals surface area contributed by atoms with Crippen molar-refractivity contribution in [3.63, 3.8) is 0 Å². The maximum absolute atomic E-state index is 13.6. The summed E-state index contributed by atoms with van der Waals surface area (Å²) in [6.07, 6.45) is 0. The number of hydrogen-bond acceptors (Lipinski definition) is 4. The van der Waals surface area contributed by atoms with E-state index in [1.54, 1.807) is 78.9 Å². The van der Waals surface area contributed by atoms with E-state index < -0.39 is 5.91 Å². The number of amides is 1. The largest absolute Gasteiger partial charge is 0.354 e. The fraction of sp³-hybridized carbons (Fsp3) is 0. The van der Waals surface area contributed by atoms with Gasteiger partial charge in [0.05, 0.1) is 22.3 Å². The van der Waals surface area contributed by atoms with Crippen LogP contribution in [0.4, 0.5) is 5.69 Å². The van der Waals surface area contributed by atoms with Gasteiger partial charge < -0.3 is 10.3 Å². The minimum absolute atomic E-state index is 0.0754. The number of carbonyl (C=O) groups excluding carboxylic acids is 3. The number of aromatic nitrogens is 1. The number of carbonyl (C=O) groups is 3. The number of pyridine rings is 1. The maximum atomic E-state index is 13.6.